The number of hydrogen-bond donors (Lipinski definition) is 0. The molecule has 0 aromatic heterocycles. The van der Waals surface area contributed by atoms with Gasteiger partial charge in [0, 0.05) is 19.2 Å². The number of nitriles is 1. The van der Waals surface area contributed by atoms with Crippen molar-refractivity contribution in [2.24, 2.45) is 0 Å². The first-order valence-electron chi connectivity index (χ1n) is 9.42. The SMILES string of the molecule is C=CCN(Cc1cccc(C#N)c1)S(=O)(=O)c1cc(/C=C/C(=O)OC)cc(OC)c1OC. The summed E-state index contributed by atoms with van der Waals surface area (Å²) in [6, 6.07) is 11.7. The molecule has 9 heteroatoms. The Morgan fingerprint density at radius 3 is 2.53 bits per heavy atom. The molecular formula is C23H24N2O6S. The van der Waals surface area contributed by atoms with Crippen molar-refractivity contribution < 1.29 is 27.4 Å². The van der Waals surface area contributed by atoms with E-state index in [1.807, 2.05) is 6.07 Å². The third kappa shape index (κ3) is 5.75. The van der Waals surface area contributed by atoms with E-state index in [9.17, 15) is 13.2 Å². The Bertz CT molecular complexity index is 1170. The summed E-state index contributed by atoms with van der Waals surface area (Å²) in [6.45, 7) is 3.69. The molecule has 0 saturated carbocycles. The highest BCUT2D eigenvalue weighted by molar-refractivity contribution is 7.89. The Kier molecular flexibility index (Phi) is 8.58. The molecule has 32 heavy (non-hydrogen) atoms. The minimum absolute atomic E-state index is 0.0115. The van der Waals surface area contributed by atoms with Gasteiger partial charge in [-0.2, -0.15) is 9.57 Å². The maximum absolute atomic E-state index is 13.6. The Morgan fingerprint density at radius 2 is 1.94 bits per heavy atom. The molecule has 0 radical (unpaired) electrons. The molecule has 0 aliphatic carbocycles. The summed E-state index contributed by atoms with van der Waals surface area (Å²) in [4.78, 5) is 11.3. The molecule has 2 aromatic carbocycles. The monoisotopic (exact) mass is 456 g/mol. The zero-order valence-electron chi connectivity index (χ0n) is 18.1. The lowest BCUT2D eigenvalue weighted by Gasteiger charge is -2.23. The first-order valence-corrected chi connectivity index (χ1v) is 10.9. The van der Waals surface area contributed by atoms with Crippen LogP contribution in [0.5, 0.6) is 11.5 Å². The topological polar surface area (TPSA) is 106 Å². The van der Waals surface area contributed by atoms with Gasteiger partial charge in [0.2, 0.25) is 10.0 Å². The van der Waals surface area contributed by atoms with E-state index in [0.717, 1.165) is 0 Å². The van der Waals surface area contributed by atoms with Crippen LogP contribution < -0.4 is 9.47 Å². The number of rotatable bonds is 10. The summed E-state index contributed by atoms with van der Waals surface area (Å²) in [6.07, 6.45) is 4.06. The van der Waals surface area contributed by atoms with E-state index in [2.05, 4.69) is 11.3 Å². The number of benzene rings is 2. The van der Waals surface area contributed by atoms with Gasteiger partial charge in [0.25, 0.3) is 0 Å². The highest BCUT2D eigenvalue weighted by Gasteiger charge is 2.30. The molecule has 2 aromatic rings. The second kappa shape index (κ2) is 11.1. The lowest BCUT2D eigenvalue weighted by molar-refractivity contribution is -0.134. The largest absolute Gasteiger partial charge is 0.493 e. The minimum atomic E-state index is -4.10. The smallest absolute Gasteiger partial charge is 0.330 e. The fraction of sp³-hybridized carbons (Fsp3) is 0.217. The van der Waals surface area contributed by atoms with Crippen molar-refractivity contribution in [3.8, 4) is 17.6 Å². The van der Waals surface area contributed by atoms with Crippen molar-refractivity contribution in [1.29, 1.82) is 5.26 Å². The maximum atomic E-state index is 13.6. The quantitative estimate of drug-likeness (QED) is 0.307. The van der Waals surface area contributed by atoms with Gasteiger partial charge in [0.1, 0.15) is 4.90 Å². The van der Waals surface area contributed by atoms with Gasteiger partial charge in [0.15, 0.2) is 11.5 Å². The summed E-state index contributed by atoms with van der Waals surface area (Å²) in [5.74, 6) is -0.375. The lowest BCUT2D eigenvalue weighted by atomic mass is 10.1. The third-order valence-corrected chi connectivity index (χ3v) is 6.26. The van der Waals surface area contributed by atoms with Gasteiger partial charge in [-0.3, -0.25) is 0 Å². The van der Waals surface area contributed by atoms with Crippen molar-refractivity contribution in [2.45, 2.75) is 11.4 Å². The Hall–Kier alpha value is -3.61. The molecule has 168 valence electrons. The number of methoxy groups -OCH3 is 3. The molecule has 0 aliphatic rings. The second-order valence-corrected chi connectivity index (χ2v) is 8.42. The average molecular weight is 457 g/mol. The normalized spacial score (nSPS) is 11.2. The first kappa shape index (κ1) is 24.7. The zero-order chi connectivity index (χ0) is 23.7. The zero-order valence-corrected chi connectivity index (χ0v) is 18.9. The van der Waals surface area contributed by atoms with Gasteiger partial charge in [-0.25, -0.2) is 13.2 Å². The van der Waals surface area contributed by atoms with Gasteiger partial charge in [0.05, 0.1) is 33.0 Å². The van der Waals surface area contributed by atoms with Crippen molar-refractivity contribution in [3.63, 3.8) is 0 Å². The molecule has 0 saturated heterocycles. The van der Waals surface area contributed by atoms with Crippen LogP contribution in [0.1, 0.15) is 16.7 Å². The Balaban J connectivity index is 2.60. The van der Waals surface area contributed by atoms with Gasteiger partial charge < -0.3 is 14.2 Å². The van der Waals surface area contributed by atoms with Crippen LogP contribution in [-0.2, 0) is 26.1 Å². The summed E-state index contributed by atoms with van der Waals surface area (Å²) < 4.78 is 43.7. The fourth-order valence-corrected chi connectivity index (χ4v) is 4.55. The van der Waals surface area contributed by atoms with E-state index in [1.165, 1.54) is 49.9 Å². The standard InChI is InChI=1S/C23H24N2O6S/c1-5-11-25(16-19-8-6-7-18(12-19)15-24)32(27,28)21-14-17(9-10-22(26)30-3)13-20(29-2)23(21)31-4/h5-10,12-14H,1,11,16H2,2-4H3/b10-9+. The van der Waals surface area contributed by atoms with E-state index in [0.29, 0.717) is 16.7 Å². The molecule has 0 amide bonds. The average Bonchev–Trinajstić information content (AvgIpc) is 2.81. The number of sulfonamides is 1. The van der Waals surface area contributed by atoms with Crippen molar-refractivity contribution >= 4 is 22.1 Å². The van der Waals surface area contributed by atoms with E-state index >= 15 is 0 Å². The van der Waals surface area contributed by atoms with Crippen LogP contribution in [0, 0.1) is 11.3 Å². The molecule has 2 rings (SSSR count). The predicted octanol–water partition coefficient (Wildman–Crippen LogP) is 3.14. The van der Waals surface area contributed by atoms with Crippen molar-refractivity contribution in [2.75, 3.05) is 27.9 Å². The Labute approximate surface area is 188 Å². The van der Waals surface area contributed by atoms with Crippen LogP contribution in [0.25, 0.3) is 6.08 Å². The number of esters is 1. The highest BCUT2D eigenvalue weighted by atomic mass is 32.2. The fourth-order valence-electron chi connectivity index (χ4n) is 2.94. The molecule has 0 spiro atoms. The van der Waals surface area contributed by atoms with Crippen LogP contribution in [-0.4, -0.2) is 46.6 Å². The van der Waals surface area contributed by atoms with E-state index in [-0.39, 0.29) is 29.5 Å². The molecule has 0 aliphatic heterocycles. The third-order valence-electron chi connectivity index (χ3n) is 4.45. The van der Waals surface area contributed by atoms with Crippen LogP contribution in [0.2, 0.25) is 0 Å². The Morgan fingerprint density at radius 1 is 1.19 bits per heavy atom. The predicted molar refractivity (Wildman–Crippen MR) is 120 cm³/mol. The van der Waals surface area contributed by atoms with Gasteiger partial charge in [-0.05, 0) is 41.5 Å². The number of carbonyl (C=O) groups excluding carboxylic acids is 1. The first-order chi connectivity index (χ1) is 15.3. The molecule has 0 N–H and O–H groups in total. The maximum Gasteiger partial charge on any atom is 0.330 e. The lowest BCUT2D eigenvalue weighted by Crippen LogP contribution is -2.31. The molecule has 0 unspecified atom stereocenters. The van der Waals surface area contributed by atoms with E-state index in [1.54, 1.807) is 30.3 Å². The number of carbonyl (C=O) groups is 1. The number of ether oxygens (including phenoxy) is 3. The van der Waals surface area contributed by atoms with E-state index in [4.69, 9.17) is 14.7 Å². The summed E-state index contributed by atoms with van der Waals surface area (Å²) >= 11 is 0. The van der Waals surface area contributed by atoms with Crippen LogP contribution >= 0.6 is 0 Å². The van der Waals surface area contributed by atoms with Crippen LogP contribution in [0.3, 0.4) is 0 Å². The molecule has 0 bridgehead atoms. The van der Waals surface area contributed by atoms with Gasteiger partial charge in [-0.1, -0.05) is 18.2 Å². The number of nitrogens with zero attached hydrogens (tertiary/aromatic N) is 2. The summed E-state index contributed by atoms with van der Waals surface area (Å²) in [5, 5.41) is 9.13. The van der Waals surface area contributed by atoms with Gasteiger partial charge >= 0.3 is 5.97 Å². The van der Waals surface area contributed by atoms with Crippen molar-refractivity contribution in [1.82, 2.24) is 4.31 Å². The number of hydrogen-bond acceptors (Lipinski definition) is 7. The van der Waals surface area contributed by atoms with Crippen molar-refractivity contribution in [3.05, 3.63) is 71.8 Å². The molecule has 0 atom stereocenters. The summed E-state index contributed by atoms with van der Waals surface area (Å²) in [5.41, 5.74) is 1.46. The second-order valence-electron chi connectivity index (χ2n) is 6.51. The van der Waals surface area contributed by atoms with Crippen LogP contribution in [0.4, 0.5) is 0 Å². The molecule has 0 fully saturated rings. The van der Waals surface area contributed by atoms with E-state index < -0.39 is 16.0 Å². The summed E-state index contributed by atoms with van der Waals surface area (Å²) in [7, 11) is -0.129. The molecular weight excluding hydrogens is 432 g/mol. The van der Waals surface area contributed by atoms with Gasteiger partial charge in [-0.15, -0.1) is 6.58 Å². The molecule has 8 nitrogen and oxygen atoms in total. The minimum Gasteiger partial charge on any atom is -0.493 e. The highest BCUT2D eigenvalue weighted by Crippen LogP contribution is 2.38. The molecule has 0 heterocycles. The van der Waals surface area contributed by atoms with Crippen LogP contribution in [0.15, 0.2) is 60.0 Å².